The highest BCUT2D eigenvalue weighted by Gasteiger charge is 2.23. The molecular formula is C24H19ClN4O3. The van der Waals surface area contributed by atoms with Gasteiger partial charge in [0.1, 0.15) is 12.0 Å². The lowest BCUT2D eigenvalue weighted by Crippen LogP contribution is -2.24. The van der Waals surface area contributed by atoms with Crippen molar-refractivity contribution in [1.29, 1.82) is 0 Å². The molecule has 4 aromatic rings. The molecule has 7 nitrogen and oxygen atoms in total. The maximum Gasteiger partial charge on any atom is 0.273 e. The minimum Gasteiger partial charge on any atom is -0.455 e. The van der Waals surface area contributed by atoms with Crippen LogP contribution in [0.4, 0.5) is 5.69 Å². The summed E-state index contributed by atoms with van der Waals surface area (Å²) in [6, 6.07) is 18.9. The van der Waals surface area contributed by atoms with Crippen LogP contribution in [0.3, 0.4) is 0 Å². The van der Waals surface area contributed by atoms with Gasteiger partial charge in [-0.05, 0) is 36.4 Å². The van der Waals surface area contributed by atoms with Crippen molar-refractivity contribution in [3.63, 3.8) is 0 Å². The molecule has 5 rings (SSSR count). The second kappa shape index (κ2) is 8.72. The average Bonchev–Trinajstić information content (AvgIpc) is 3.22. The highest BCUT2D eigenvalue weighted by molar-refractivity contribution is 6.31. The fourth-order valence-electron chi connectivity index (χ4n) is 3.52. The molecule has 2 aromatic heterocycles. The first-order valence-electron chi connectivity index (χ1n) is 10.1. The molecule has 0 bridgehead atoms. The van der Waals surface area contributed by atoms with Gasteiger partial charge in [0.25, 0.3) is 5.91 Å². The molecule has 8 heteroatoms. The number of amides is 1. The van der Waals surface area contributed by atoms with Gasteiger partial charge in [0.05, 0.1) is 24.5 Å². The van der Waals surface area contributed by atoms with Crippen LogP contribution in [-0.4, -0.2) is 15.9 Å². The first-order chi connectivity index (χ1) is 15.7. The topological polar surface area (TPSA) is 80.5 Å². The lowest BCUT2D eigenvalue weighted by atomic mass is 10.2. The fraction of sp³-hybridized carbons (Fsp3) is 0.125. The van der Waals surface area contributed by atoms with Crippen LogP contribution in [-0.2, 0) is 19.6 Å². The normalized spacial score (nSPS) is 12.3. The quantitative estimate of drug-likeness (QED) is 0.466. The van der Waals surface area contributed by atoms with Crippen molar-refractivity contribution in [3.05, 3.63) is 101 Å². The largest absolute Gasteiger partial charge is 0.455 e. The maximum absolute atomic E-state index is 12.5. The first kappa shape index (κ1) is 20.1. The zero-order valence-electron chi connectivity index (χ0n) is 17.0. The summed E-state index contributed by atoms with van der Waals surface area (Å²) in [6.45, 7) is 1.24. The Morgan fingerprint density at radius 1 is 1.09 bits per heavy atom. The van der Waals surface area contributed by atoms with Crippen LogP contribution in [0.15, 0.2) is 77.5 Å². The van der Waals surface area contributed by atoms with Gasteiger partial charge in [-0.3, -0.25) is 9.78 Å². The Kier molecular flexibility index (Phi) is 5.47. The van der Waals surface area contributed by atoms with E-state index < -0.39 is 0 Å². The second-order valence-electron chi connectivity index (χ2n) is 7.31. The van der Waals surface area contributed by atoms with Crippen molar-refractivity contribution in [2.75, 3.05) is 4.90 Å². The number of nitrogens with one attached hydrogen (secondary N) is 1. The van der Waals surface area contributed by atoms with Gasteiger partial charge < -0.3 is 19.4 Å². The van der Waals surface area contributed by atoms with Crippen LogP contribution in [0.25, 0.3) is 0 Å². The summed E-state index contributed by atoms with van der Waals surface area (Å²) in [6.07, 6.45) is 3.05. The fourth-order valence-corrected chi connectivity index (χ4v) is 3.69. The van der Waals surface area contributed by atoms with Crippen LogP contribution in [0.2, 0.25) is 5.02 Å². The van der Waals surface area contributed by atoms with Gasteiger partial charge in [0.2, 0.25) is 5.89 Å². The summed E-state index contributed by atoms with van der Waals surface area (Å²) in [7, 11) is 0. The highest BCUT2D eigenvalue weighted by Crippen LogP contribution is 2.40. The summed E-state index contributed by atoms with van der Waals surface area (Å²) >= 11 is 6.26. The zero-order valence-corrected chi connectivity index (χ0v) is 17.7. The van der Waals surface area contributed by atoms with Crippen molar-refractivity contribution < 1.29 is 13.9 Å². The number of halogens is 1. The van der Waals surface area contributed by atoms with Crippen LogP contribution in [0, 0.1) is 0 Å². The summed E-state index contributed by atoms with van der Waals surface area (Å²) in [4.78, 5) is 23.1. The predicted molar refractivity (Wildman–Crippen MR) is 120 cm³/mol. The van der Waals surface area contributed by atoms with E-state index in [2.05, 4.69) is 20.2 Å². The van der Waals surface area contributed by atoms with Crippen LogP contribution < -0.4 is 15.0 Å². The lowest BCUT2D eigenvalue weighted by molar-refractivity contribution is 0.0945. The standard InChI is InChI=1S/C24H19ClN4O3/c25-17-8-9-22-20(11-17)29(13-16-5-1-2-7-21(16)32-22)14-23-28-19(15-31-23)24(30)27-12-18-6-3-4-10-26-18/h1-11,15H,12-14H2,(H,27,30). The SMILES string of the molecule is O=C(NCc1ccccn1)c1coc(CN2Cc3ccccc3Oc3ccc(Cl)cc32)n1. The van der Waals surface area contributed by atoms with Gasteiger partial charge in [0, 0.05) is 23.3 Å². The van der Waals surface area contributed by atoms with E-state index in [1.165, 1.54) is 6.26 Å². The molecule has 160 valence electrons. The molecule has 1 aliphatic rings. The van der Waals surface area contributed by atoms with E-state index in [9.17, 15) is 4.79 Å². The van der Waals surface area contributed by atoms with Crippen molar-refractivity contribution in [2.24, 2.45) is 0 Å². The van der Waals surface area contributed by atoms with E-state index in [-0.39, 0.29) is 11.6 Å². The number of para-hydroxylation sites is 1. The third kappa shape index (κ3) is 4.29. The Morgan fingerprint density at radius 2 is 1.97 bits per heavy atom. The summed E-state index contributed by atoms with van der Waals surface area (Å²) in [5.74, 6) is 1.58. The Hall–Kier alpha value is -3.84. The number of hydrogen-bond acceptors (Lipinski definition) is 6. The molecule has 3 heterocycles. The number of anilines is 1. The number of ether oxygens (including phenoxy) is 1. The summed E-state index contributed by atoms with van der Waals surface area (Å²) in [5, 5.41) is 3.41. The molecular weight excluding hydrogens is 428 g/mol. The summed E-state index contributed by atoms with van der Waals surface area (Å²) < 4.78 is 11.7. The highest BCUT2D eigenvalue weighted by atomic mass is 35.5. The predicted octanol–water partition coefficient (Wildman–Crippen LogP) is 4.97. The van der Waals surface area contributed by atoms with E-state index >= 15 is 0 Å². The van der Waals surface area contributed by atoms with Gasteiger partial charge in [-0.2, -0.15) is 0 Å². The van der Waals surface area contributed by atoms with Crippen LogP contribution in [0.1, 0.15) is 27.6 Å². The number of pyridine rings is 1. The van der Waals surface area contributed by atoms with Gasteiger partial charge in [-0.15, -0.1) is 0 Å². The minimum absolute atomic E-state index is 0.216. The molecule has 2 aromatic carbocycles. The van der Waals surface area contributed by atoms with Gasteiger partial charge in [-0.1, -0.05) is 35.9 Å². The van der Waals surface area contributed by atoms with Crippen LogP contribution in [0.5, 0.6) is 11.5 Å². The molecule has 0 radical (unpaired) electrons. The van der Waals surface area contributed by atoms with E-state index in [0.717, 1.165) is 22.7 Å². The molecule has 1 aliphatic heterocycles. The number of carbonyl (C=O) groups excluding carboxylic acids is 1. The van der Waals surface area contributed by atoms with Crippen molar-refractivity contribution in [3.8, 4) is 11.5 Å². The Balaban J connectivity index is 1.35. The number of nitrogens with zero attached hydrogens (tertiary/aromatic N) is 3. The number of hydrogen-bond donors (Lipinski definition) is 1. The molecule has 1 amide bonds. The lowest BCUT2D eigenvalue weighted by Gasteiger charge is -2.22. The number of oxazole rings is 1. The molecule has 0 saturated carbocycles. The first-order valence-corrected chi connectivity index (χ1v) is 10.5. The number of carbonyl (C=O) groups is 1. The molecule has 0 aliphatic carbocycles. The minimum atomic E-state index is -0.321. The summed E-state index contributed by atoms with van der Waals surface area (Å²) in [5.41, 5.74) is 2.84. The monoisotopic (exact) mass is 446 g/mol. The third-order valence-corrected chi connectivity index (χ3v) is 5.32. The average molecular weight is 447 g/mol. The molecule has 1 N–H and O–H groups in total. The number of rotatable bonds is 5. The zero-order chi connectivity index (χ0) is 21.9. The van der Waals surface area contributed by atoms with Crippen molar-refractivity contribution >= 4 is 23.2 Å². The number of fused-ring (bicyclic) bond motifs is 2. The van der Waals surface area contributed by atoms with E-state index in [4.69, 9.17) is 20.8 Å². The Bertz CT molecular complexity index is 1260. The van der Waals surface area contributed by atoms with E-state index in [1.807, 2.05) is 54.6 Å². The molecule has 0 atom stereocenters. The van der Waals surface area contributed by atoms with Gasteiger partial charge in [0.15, 0.2) is 11.4 Å². The van der Waals surface area contributed by atoms with Gasteiger partial charge >= 0.3 is 0 Å². The maximum atomic E-state index is 12.5. The Labute approximate surface area is 189 Å². The number of aromatic nitrogens is 2. The molecule has 0 saturated heterocycles. The molecule has 0 spiro atoms. The van der Waals surface area contributed by atoms with E-state index in [0.29, 0.717) is 36.3 Å². The molecule has 32 heavy (non-hydrogen) atoms. The van der Waals surface area contributed by atoms with Crippen molar-refractivity contribution in [2.45, 2.75) is 19.6 Å². The van der Waals surface area contributed by atoms with Gasteiger partial charge in [-0.25, -0.2) is 4.98 Å². The smallest absolute Gasteiger partial charge is 0.273 e. The second-order valence-corrected chi connectivity index (χ2v) is 7.74. The van der Waals surface area contributed by atoms with Crippen LogP contribution >= 0.6 is 11.6 Å². The molecule has 0 unspecified atom stereocenters. The van der Waals surface area contributed by atoms with Crippen molar-refractivity contribution in [1.82, 2.24) is 15.3 Å². The molecule has 0 fully saturated rings. The third-order valence-electron chi connectivity index (χ3n) is 5.08. The van der Waals surface area contributed by atoms with E-state index in [1.54, 1.807) is 12.3 Å². The number of benzene rings is 2. The Morgan fingerprint density at radius 3 is 2.84 bits per heavy atom.